The third kappa shape index (κ3) is 4.31. The molecule has 0 spiro atoms. The molecule has 0 bridgehead atoms. The molecule has 1 aliphatic heterocycles. The Labute approximate surface area is 222 Å². The first-order chi connectivity index (χ1) is 18.8. The molecule has 3 aromatic carbocycles. The van der Waals surface area contributed by atoms with Crippen LogP contribution in [0, 0.1) is 11.6 Å². The zero-order valence-electron chi connectivity index (χ0n) is 21.2. The van der Waals surface area contributed by atoms with Crippen LogP contribution in [0.15, 0.2) is 77.9 Å². The first-order valence-corrected chi connectivity index (χ1v) is 12.3. The van der Waals surface area contributed by atoms with E-state index in [-0.39, 0.29) is 23.7 Å². The Hall–Kier alpha value is -4.92. The summed E-state index contributed by atoms with van der Waals surface area (Å²) in [5, 5.41) is 3.73. The van der Waals surface area contributed by atoms with Crippen LogP contribution >= 0.6 is 0 Å². The number of nitrogens with zero attached hydrogens (tertiary/aromatic N) is 2. The summed E-state index contributed by atoms with van der Waals surface area (Å²) < 4.78 is 34.6. The van der Waals surface area contributed by atoms with E-state index in [9.17, 15) is 18.4 Å². The number of H-pyrrole nitrogens is 1. The molecule has 0 aliphatic carbocycles. The number of carbonyl (C=O) groups excluding carboxylic acids is 1. The summed E-state index contributed by atoms with van der Waals surface area (Å²) >= 11 is 0. The second-order valence-corrected chi connectivity index (χ2v) is 9.50. The number of aromatic nitrogens is 2. The van der Waals surface area contributed by atoms with Gasteiger partial charge in [0.2, 0.25) is 5.91 Å². The standard InChI is InChI=1S/C30H24F2N4O3/c1-35-16-24-23-13-21(34-27(37)12-17-11-20(32)5-10-26(17)39-2)6-9-25(23)36(22-7-3-19(31)4-8-22)15-18-14-33-30(38)29(35)28(18)24/h3-11,13-14,16H,12,15H2,1-2H3,(H,33,38)(H,34,37). The summed E-state index contributed by atoms with van der Waals surface area (Å²) in [6.07, 6.45) is 3.54. The van der Waals surface area contributed by atoms with E-state index in [1.165, 1.54) is 37.4 Å². The molecule has 1 amide bonds. The highest BCUT2D eigenvalue weighted by Gasteiger charge is 2.26. The van der Waals surface area contributed by atoms with E-state index in [0.29, 0.717) is 29.1 Å². The van der Waals surface area contributed by atoms with Crippen molar-refractivity contribution in [2.45, 2.75) is 13.0 Å². The molecule has 0 saturated heterocycles. The molecule has 9 heteroatoms. The average molecular weight is 527 g/mol. The van der Waals surface area contributed by atoms with Gasteiger partial charge < -0.3 is 24.5 Å². The summed E-state index contributed by atoms with van der Waals surface area (Å²) in [5.74, 6) is -0.696. The van der Waals surface area contributed by atoms with E-state index < -0.39 is 5.82 Å². The second kappa shape index (κ2) is 9.43. The molecule has 6 rings (SSSR count). The second-order valence-electron chi connectivity index (χ2n) is 9.50. The molecule has 0 saturated carbocycles. The lowest BCUT2D eigenvalue weighted by molar-refractivity contribution is -0.115. The van der Waals surface area contributed by atoms with Gasteiger partial charge in [0.1, 0.15) is 22.9 Å². The molecule has 0 atom stereocenters. The summed E-state index contributed by atoms with van der Waals surface area (Å²) in [4.78, 5) is 30.6. The third-order valence-electron chi connectivity index (χ3n) is 7.02. The van der Waals surface area contributed by atoms with Crippen LogP contribution in [0.5, 0.6) is 5.75 Å². The highest BCUT2D eigenvalue weighted by molar-refractivity contribution is 6.04. The summed E-state index contributed by atoms with van der Waals surface area (Å²) in [5.41, 5.74) is 5.48. The van der Waals surface area contributed by atoms with Crippen molar-refractivity contribution in [2.24, 2.45) is 7.05 Å². The molecule has 0 fully saturated rings. The van der Waals surface area contributed by atoms with E-state index in [0.717, 1.165) is 33.5 Å². The van der Waals surface area contributed by atoms with Gasteiger partial charge in [-0.25, -0.2) is 8.78 Å². The monoisotopic (exact) mass is 526 g/mol. The minimum atomic E-state index is -0.453. The fraction of sp³-hybridized carbons (Fsp3) is 0.133. The smallest absolute Gasteiger partial charge is 0.272 e. The number of ether oxygens (including phenoxy) is 1. The molecule has 3 heterocycles. The number of anilines is 3. The summed E-state index contributed by atoms with van der Waals surface area (Å²) in [6.45, 7) is 0.438. The van der Waals surface area contributed by atoms with Gasteiger partial charge in [-0.15, -0.1) is 0 Å². The molecule has 2 N–H and O–H groups in total. The number of methoxy groups -OCH3 is 1. The van der Waals surface area contributed by atoms with E-state index >= 15 is 0 Å². The van der Waals surface area contributed by atoms with Crippen LogP contribution in [0.2, 0.25) is 0 Å². The van der Waals surface area contributed by atoms with E-state index in [1.807, 2.05) is 30.3 Å². The van der Waals surface area contributed by atoms with Crippen molar-refractivity contribution in [3.63, 3.8) is 0 Å². The van der Waals surface area contributed by atoms with Crippen LogP contribution in [-0.4, -0.2) is 22.6 Å². The van der Waals surface area contributed by atoms with Gasteiger partial charge in [0, 0.05) is 58.6 Å². The molecule has 196 valence electrons. The van der Waals surface area contributed by atoms with Crippen LogP contribution in [0.3, 0.4) is 0 Å². The maximum Gasteiger partial charge on any atom is 0.272 e. The number of hydrogen-bond donors (Lipinski definition) is 2. The number of carbonyl (C=O) groups is 1. The Bertz CT molecular complexity index is 1810. The Morgan fingerprint density at radius 3 is 2.56 bits per heavy atom. The normalized spacial score (nSPS) is 12.3. The molecule has 5 aromatic rings. The molecular weight excluding hydrogens is 502 g/mol. The lowest BCUT2D eigenvalue weighted by Gasteiger charge is -2.26. The van der Waals surface area contributed by atoms with Crippen LogP contribution in [-0.2, 0) is 24.8 Å². The van der Waals surface area contributed by atoms with Crippen LogP contribution < -0.4 is 20.5 Å². The van der Waals surface area contributed by atoms with Crippen molar-refractivity contribution in [1.82, 2.24) is 9.55 Å². The predicted octanol–water partition coefficient (Wildman–Crippen LogP) is 5.65. The fourth-order valence-electron chi connectivity index (χ4n) is 5.28. The van der Waals surface area contributed by atoms with E-state index in [1.54, 1.807) is 29.0 Å². The van der Waals surface area contributed by atoms with Gasteiger partial charge in [-0.1, -0.05) is 0 Å². The minimum Gasteiger partial charge on any atom is -0.496 e. The largest absolute Gasteiger partial charge is 0.496 e. The lowest BCUT2D eigenvalue weighted by Crippen LogP contribution is -2.18. The number of rotatable bonds is 5. The molecule has 0 radical (unpaired) electrons. The number of fused-ring (bicyclic) bond motifs is 2. The molecular formula is C30H24F2N4O3. The Morgan fingerprint density at radius 1 is 1.03 bits per heavy atom. The predicted molar refractivity (Wildman–Crippen MR) is 147 cm³/mol. The molecule has 0 unspecified atom stereocenters. The van der Waals surface area contributed by atoms with Crippen LogP contribution in [0.4, 0.5) is 25.8 Å². The number of pyridine rings is 1. The first kappa shape index (κ1) is 24.4. The highest BCUT2D eigenvalue weighted by Crippen LogP contribution is 2.44. The van der Waals surface area contributed by atoms with E-state index in [2.05, 4.69) is 10.3 Å². The van der Waals surface area contributed by atoms with Crippen molar-refractivity contribution >= 4 is 33.9 Å². The van der Waals surface area contributed by atoms with Gasteiger partial charge in [0.05, 0.1) is 20.1 Å². The van der Waals surface area contributed by atoms with Gasteiger partial charge in [0.25, 0.3) is 5.56 Å². The van der Waals surface area contributed by atoms with Gasteiger partial charge in [-0.3, -0.25) is 9.59 Å². The number of aryl methyl sites for hydroxylation is 1. The average Bonchev–Trinajstić information content (AvgIpc) is 3.21. The number of amides is 1. The Kier molecular flexibility index (Phi) is 5.91. The fourth-order valence-corrected chi connectivity index (χ4v) is 5.28. The topological polar surface area (TPSA) is 79.4 Å². The molecule has 1 aliphatic rings. The lowest BCUT2D eigenvalue weighted by atomic mass is 10.0. The first-order valence-electron chi connectivity index (χ1n) is 12.3. The van der Waals surface area contributed by atoms with Crippen LogP contribution in [0.1, 0.15) is 11.1 Å². The summed E-state index contributed by atoms with van der Waals surface area (Å²) in [7, 11) is 3.29. The minimum absolute atomic E-state index is 0.0759. The molecule has 39 heavy (non-hydrogen) atoms. The highest BCUT2D eigenvalue weighted by atomic mass is 19.1. The number of halogens is 2. The maximum atomic E-state index is 13.8. The van der Waals surface area contributed by atoms with Gasteiger partial charge in [-0.05, 0) is 66.2 Å². The molecule has 7 nitrogen and oxygen atoms in total. The number of hydrogen-bond acceptors (Lipinski definition) is 4. The number of benzene rings is 3. The van der Waals surface area contributed by atoms with Crippen molar-refractivity contribution in [2.75, 3.05) is 17.3 Å². The zero-order valence-corrected chi connectivity index (χ0v) is 21.2. The molecule has 2 aromatic heterocycles. The van der Waals surface area contributed by atoms with Crippen molar-refractivity contribution < 1.29 is 18.3 Å². The zero-order chi connectivity index (χ0) is 27.3. The van der Waals surface area contributed by atoms with Crippen molar-refractivity contribution in [3.05, 3.63) is 106 Å². The quantitative estimate of drug-likeness (QED) is 0.310. The SMILES string of the molecule is COc1ccc(F)cc1CC(=O)Nc1ccc2c(c1)-c1cn(C)c3c(=O)[nH]cc(c13)CN2c1ccc(F)cc1. The number of nitrogens with one attached hydrogen (secondary N) is 2. The van der Waals surface area contributed by atoms with Crippen LogP contribution in [0.25, 0.3) is 22.0 Å². The maximum absolute atomic E-state index is 13.8. The van der Waals surface area contributed by atoms with Gasteiger partial charge in [-0.2, -0.15) is 0 Å². The van der Waals surface area contributed by atoms with Crippen molar-refractivity contribution in [1.29, 1.82) is 0 Å². The van der Waals surface area contributed by atoms with Gasteiger partial charge >= 0.3 is 0 Å². The summed E-state index contributed by atoms with van der Waals surface area (Å²) in [6, 6.07) is 15.8. The Balaban J connectivity index is 1.44. The third-order valence-corrected chi connectivity index (χ3v) is 7.02. The van der Waals surface area contributed by atoms with E-state index in [4.69, 9.17) is 4.74 Å². The Morgan fingerprint density at radius 2 is 1.79 bits per heavy atom. The number of aromatic amines is 1. The van der Waals surface area contributed by atoms with Gasteiger partial charge in [0.15, 0.2) is 0 Å². The van der Waals surface area contributed by atoms with Crippen molar-refractivity contribution in [3.8, 4) is 16.9 Å².